The number of guanidine groups is 1. The van der Waals surface area contributed by atoms with Gasteiger partial charge in [0.1, 0.15) is 5.75 Å². The zero-order valence-electron chi connectivity index (χ0n) is 17.5. The predicted molar refractivity (Wildman–Crippen MR) is 113 cm³/mol. The van der Waals surface area contributed by atoms with E-state index in [9.17, 15) is 4.79 Å². The van der Waals surface area contributed by atoms with E-state index in [0.717, 1.165) is 63.6 Å². The van der Waals surface area contributed by atoms with Crippen molar-refractivity contribution < 1.29 is 9.53 Å². The van der Waals surface area contributed by atoms with Gasteiger partial charge in [-0.15, -0.1) is 0 Å². The zero-order valence-corrected chi connectivity index (χ0v) is 17.5. The molecule has 28 heavy (non-hydrogen) atoms. The SMILES string of the molecule is CCNC(=NCC1(c2ccccc2OC)CC1)N1CCC(CC(=O)NC)CC1. The molecule has 0 radical (unpaired) electrons. The number of aliphatic imine (C=N–C) groups is 1. The van der Waals surface area contributed by atoms with Gasteiger partial charge in [-0.1, -0.05) is 18.2 Å². The minimum Gasteiger partial charge on any atom is -0.496 e. The van der Waals surface area contributed by atoms with Crippen LogP contribution in [-0.2, 0) is 10.2 Å². The smallest absolute Gasteiger partial charge is 0.220 e. The molecule has 1 amide bonds. The predicted octanol–water partition coefficient (Wildman–Crippen LogP) is 2.54. The normalized spacial score (nSPS) is 19.2. The molecule has 1 saturated heterocycles. The number of methoxy groups -OCH3 is 1. The van der Waals surface area contributed by atoms with Crippen LogP contribution >= 0.6 is 0 Å². The molecule has 0 aromatic heterocycles. The Bertz CT molecular complexity index is 692. The Morgan fingerprint density at radius 1 is 1.29 bits per heavy atom. The average molecular weight is 387 g/mol. The molecule has 1 aliphatic carbocycles. The number of nitrogens with one attached hydrogen (secondary N) is 2. The first-order chi connectivity index (χ1) is 13.6. The molecule has 0 atom stereocenters. The van der Waals surface area contributed by atoms with Crippen LogP contribution in [0.5, 0.6) is 5.75 Å². The maximum absolute atomic E-state index is 11.6. The lowest BCUT2D eigenvalue weighted by atomic mass is 9.93. The van der Waals surface area contributed by atoms with E-state index in [1.807, 2.05) is 12.1 Å². The van der Waals surface area contributed by atoms with Gasteiger partial charge >= 0.3 is 0 Å². The summed E-state index contributed by atoms with van der Waals surface area (Å²) >= 11 is 0. The van der Waals surface area contributed by atoms with Gasteiger partial charge in [0.25, 0.3) is 0 Å². The number of likely N-dealkylation sites (tertiary alicyclic amines) is 1. The molecular formula is C22H34N4O2. The molecule has 1 aliphatic heterocycles. The fraction of sp³-hybridized carbons (Fsp3) is 0.636. The summed E-state index contributed by atoms with van der Waals surface area (Å²) in [7, 11) is 3.45. The Balaban J connectivity index is 1.64. The van der Waals surface area contributed by atoms with Crippen LogP contribution in [0.25, 0.3) is 0 Å². The van der Waals surface area contributed by atoms with Crippen molar-refractivity contribution in [1.29, 1.82) is 0 Å². The molecule has 1 aromatic carbocycles. The van der Waals surface area contributed by atoms with E-state index in [2.05, 4.69) is 34.6 Å². The number of benzene rings is 1. The molecule has 2 N–H and O–H groups in total. The van der Waals surface area contributed by atoms with Gasteiger partial charge < -0.3 is 20.3 Å². The van der Waals surface area contributed by atoms with Gasteiger partial charge in [-0.25, -0.2) is 0 Å². The van der Waals surface area contributed by atoms with Gasteiger partial charge in [-0.05, 0) is 44.6 Å². The number of ether oxygens (including phenoxy) is 1. The molecule has 6 heteroatoms. The zero-order chi connectivity index (χ0) is 20.0. The lowest BCUT2D eigenvalue weighted by Crippen LogP contribution is -2.46. The summed E-state index contributed by atoms with van der Waals surface area (Å²) in [6.07, 6.45) is 5.02. The second-order valence-corrected chi connectivity index (χ2v) is 7.96. The number of nitrogens with zero attached hydrogens (tertiary/aromatic N) is 2. The molecule has 0 spiro atoms. The maximum atomic E-state index is 11.6. The molecular weight excluding hydrogens is 352 g/mol. The van der Waals surface area contributed by atoms with Crippen LogP contribution in [0.2, 0.25) is 0 Å². The third kappa shape index (κ3) is 4.78. The van der Waals surface area contributed by atoms with Crippen LogP contribution in [0, 0.1) is 5.92 Å². The third-order valence-electron chi connectivity index (χ3n) is 6.07. The van der Waals surface area contributed by atoms with Gasteiger partial charge in [0.2, 0.25) is 5.91 Å². The minimum atomic E-state index is 0.116. The molecule has 0 bridgehead atoms. The second kappa shape index (κ2) is 9.30. The van der Waals surface area contributed by atoms with Gasteiger partial charge in [0, 0.05) is 44.1 Å². The van der Waals surface area contributed by atoms with Gasteiger partial charge in [-0.3, -0.25) is 9.79 Å². The van der Waals surface area contributed by atoms with E-state index < -0.39 is 0 Å². The largest absolute Gasteiger partial charge is 0.496 e. The summed E-state index contributed by atoms with van der Waals surface area (Å²) in [5, 5.41) is 6.20. The molecule has 3 rings (SSSR count). The Morgan fingerprint density at radius 2 is 2.00 bits per heavy atom. The molecule has 154 valence electrons. The highest BCUT2D eigenvalue weighted by molar-refractivity contribution is 5.80. The van der Waals surface area contributed by atoms with Crippen molar-refractivity contribution in [2.24, 2.45) is 10.9 Å². The number of hydrogen-bond acceptors (Lipinski definition) is 3. The summed E-state index contributed by atoms with van der Waals surface area (Å²) in [6.45, 7) is 5.66. The molecule has 2 aliphatic rings. The highest BCUT2D eigenvalue weighted by atomic mass is 16.5. The molecule has 1 aromatic rings. The number of carbonyl (C=O) groups is 1. The Hall–Kier alpha value is -2.24. The quantitative estimate of drug-likeness (QED) is 0.558. The van der Waals surface area contributed by atoms with Crippen LogP contribution in [-0.4, -0.2) is 57.1 Å². The minimum absolute atomic E-state index is 0.116. The van der Waals surface area contributed by atoms with E-state index in [0.29, 0.717) is 12.3 Å². The van der Waals surface area contributed by atoms with Crippen LogP contribution < -0.4 is 15.4 Å². The van der Waals surface area contributed by atoms with Crippen LogP contribution in [0.1, 0.15) is 44.6 Å². The Kier molecular flexibility index (Phi) is 6.81. The van der Waals surface area contributed by atoms with E-state index in [4.69, 9.17) is 9.73 Å². The number of hydrogen-bond donors (Lipinski definition) is 2. The fourth-order valence-corrected chi connectivity index (χ4v) is 4.11. The monoisotopic (exact) mass is 386 g/mol. The number of rotatable bonds is 7. The number of amides is 1. The highest BCUT2D eigenvalue weighted by Crippen LogP contribution is 2.51. The van der Waals surface area contributed by atoms with E-state index in [1.54, 1.807) is 14.2 Å². The fourth-order valence-electron chi connectivity index (χ4n) is 4.11. The number of carbonyl (C=O) groups excluding carboxylic acids is 1. The lowest BCUT2D eigenvalue weighted by Gasteiger charge is -2.34. The molecule has 6 nitrogen and oxygen atoms in total. The van der Waals surface area contributed by atoms with Gasteiger partial charge in [-0.2, -0.15) is 0 Å². The molecule has 0 unspecified atom stereocenters. The van der Waals surface area contributed by atoms with Crippen molar-refractivity contribution in [2.75, 3.05) is 40.3 Å². The second-order valence-electron chi connectivity index (χ2n) is 7.96. The Morgan fingerprint density at radius 3 is 2.61 bits per heavy atom. The highest BCUT2D eigenvalue weighted by Gasteiger charge is 2.46. The van der Waals surface area contributed by atoms with E-state index >= 15 is 0 Å². The van der Waals surface area contributed by atoms with Crippen molar-refractivity contribution in [1.82, 2.24) is 15.5 Å². The van der Waals surface area contributed by atoms with E-state index in [-0.39, 0.29) is 11.3 Å². The standard InChI is InChI=1S/C22H34N4O2/c1-4-24-21(26-13-9-17(10-14-26)15-20(27)23-2)25-16-22(11-12-22)18-7-5-6-8-19(18)28-3/h5-8,17H,4,9-16H2,1-3H3,(H,23,27)(H,24,25). The average Bonchev–Trinajstić information content (AvgIpc) is 3.52. The number of para-hydroxylation sites is 1. The van der Waals surface area contributed by atoms with Crippen molar-refractivity contribution in [3.05, 3.63) is 29.8 Å². The first-order valence-corrected chi connectivity index (χ1v) is 10.5. The van der Waals surface area contributed by atoms with E-state index in [1.165, 1.54) is 5.56 Å². The Labute approximate surface area is 168 Å². The third-order valence-corrected chi connectivity index (χ3v) is 6.07. The van der Waals surface area contributed by atoms with Crippen molar-refractivity contribution in [3.8, 4) is 5.75 Å². The number of piperidine rings is 1. The summed E-state index contributed by atoms with van der Waals surface area (Å²) in [6, 6.07) is 8.33. The molecule has 1 saturated carbocycles. The van der Waals surface area contributed by atoms with Gasteiger partial charge in [0.15, 0.2) is 5.96 Å². The maximum Gasteiger partial charge on any atom is 0.220 e. The van der Waals surface area contributed by atoms with Crippen LogP contribution in [0.15, 0.2) is 29.3 Å². The summed E-state index contributed by atoms with van der Waals surface area (Å²) in [4.78, 5) is 19.0. The molecule has 1 heterocycles. The molecule has 2 fully saturated rings. The first kappa shape index (κ1) is 20.5. The summed E-state index contributed by atoms with van der Waals surface area (Å²) in [5.74, 6) is 2.59. The topological polar surface area (TPSA) is 66.0 Å². The first-order valence-electron chi connectivity index (χ1n) is 10.5. The summed E-state index contributed by atoms with van der Waals surface area (Å²) < 4.78 is 5.59. The van der Waals surface area contributed by atoms with Crippen molar-refractivity contribution >= 4 is 11.9 Å². The summed E-state index contributed by atoms with van der Waals surface area (Å²) in [5.41, 5.74) is 1.39. The lowest BCUT2D eigenvalue weighted by molar-refractivity contribution is -0.121. The van der Waals surface area contributed by atoms with Crippen molar-refractivity contribution in [2.45, 2.75) is 44.4 Å². The van der Waals surface area contributed by atoms with Crippen LogP contribution in [0.4, 0.5) is 0 Å². The van der Waals surface area contributed by atoms with Crippen LogP contribution in [0.3, 0.4) is 0 Å². The van der Waals surface area contributed by atoms with Gasteiger partial charge in [0.05, 0.1) is 13.7 Å². The van der Waals surface area contributed by atoms with Crippen molar-refractivity contribution in [3.63, 3.8) is 0 Å².